The van der Waals surface area contributed by atoms with Gasteiger partial charge in [-0.15, -0.1) is 0 Å². The van der Waals surface area contributed by atoms with Crippen LogP contribution in [0.1, 0.15) is 11.1 Å². The van der Waals surface area contributed by atoms with Gasteiger partial charge in [0.2, 0.25) is 0 Å². The molecule has 0 N–H and O–H groups in total. The zero-order valence-electron chi connectivity index (χ0n) is 13.9. The predicted molar refractivity (Wildman–Crippen MR) is 108 cm³/mol. The molecule has 5 aromatic rings. The Balaban J connectivity index is 1.77. The van der Waals surface area contributed by atoms with Crippen molar-refractivity contribution in [1.82, 2.24) is 0 Å². The Labute approximate surface area is 147 Å². The van der Waals surface area contributed by atoms with Crippen molar-refractivity contribution in [2.45, 2.75) is 6.42 Å². The zero-order valence-corrected chi connectivity index (χ0v) is 13.9. The molecule has 0 atom stereocenters. The highest BCUT2D eigenvalue weighted by molar-refractivity contribution is 6.17. The Bertz CT molecular complexity index is 1200. The van der Waals surface area contributed by atoms with Crippen LogP contribution >= 0.6 is 0 Å². The summed E-state index contributed by atoms with van der Waals surface area (Å²) in [5.74, 6) is 0. The van der Waals surface area contributed by atoms with Gasteiger partial charge in [0.15, 0.2) is 0 Å². The first-order valence-electron chi connectivity index (χ1n) is 8.76. The van der Waals surface area contributed by atoms with E-state index in [0.29, 0.717) is 0 Å². The van der Waals surface area contributed by atoms with Gasteiger partial charge >= 0.3 is 0 Å². The molecular formula is C25H18. The molecule has 0 saturated heterocycles. The third-order valence-electron chi connectivity index (χ3n) is 5.11. The highest BCUT2D eigenvalue weighted by Gasteiger charge is 2.07. The van der Waals surface area contributed by atoms with Crippen molar-refractivity contribution in [1.29, 1.82) is 0 Å². The van der Waals surface area contributed by atoms with Crippen LogP contribution in [-0.4, -0.2) is 0 Å². The van der Waals surface area contributed by atoms with Crippen molar-refractivity contribution >= 4 is 32.3 Å². The summed E-state index contributed by atoms with van der Waals surface area (Å²) in [6.07, 6.45) is 0.970. The molecule has 0 fully saturated rings. The SMILES string of the molecule is c1ccc(Cc2cccc3c2ccc2c4ccccc4ccc32)cc1. The summed E-state index contributed by atoms with van der Waals surface area (Å²) in [5, 5.41) is 8.00. The Hall–Kier alpha value is -3.12. The highest BCUT2D eigenvalue weighted by Crippen LogP contribution is 2.33. The average molecular weight is 318 g/mol. The van der Waals surface area contributed by atoms with Crippen LogP contribution in [-0.2, 0) is 6.42 Å². The minimum atomic E-state index is 0.970. The topological polar surface area (TPSA) is 0 Å². The van der Waals surface area contributed by atoms with Crippen LogP contribution in [0.15, 0.2) is 97.1 Å². The van der Waals surface area contributed by atoms with Crippen molar-refractivity contribution in [2.75, 3.05) is 0 Å². The lowest BCUT2D eigenvalue weighted by Crippen LogP contribution is -1.90. The summed E-state index contributed by atoms with van der Waals surface area (Å²) in [4.78, 5) is 0. The van der Waals surface area contributed by atoms with E-state index in [1.54, 1.807) is 0 Å². The van der Waals surface area contributed by atoms with Crippen LogP contribution in [0, 0.1) is 0 Å². The smallest absolute Gasteiger partial charge is 0.00196 e. The van der Waals surface area contributed by atoms with E-state index in [2.05, 4.69) is 97.1 Å². The molecule has 0 saturated carbocycles. The molecule has 25 heavy (non-hydrogen) atoms. The molecule has 0 aliphatic carbocycles. The average Bonchev–Trinajstić information content (AvgIpc) is 2.68. The van der Waals surface area contributed by atoms with E-state index >= 15 is 0 Å². The summed E-state index contributed by atoms with van der Waals surface area (Å²) in [6.45, 7) is 0. The molecule has 0 aromatic heterocycles. The summed E-state index contributed by atoms with van der Waals surface area (Å²) in [6, 6.07) is 35.1. The van der Waals surface area contributed by atoms with Crippen LogP contribution in [0.3, 0.4) is 0 Å². The Morgan fingerprint density at radius 1 is 0.400 bits per heavy atom. The van der Waals surface area contributed by atoms with Gasteiger partial charge in [-0.3, -0.25) is 0 Å². The van der Waals surface area contributed by atoms with Gasteiger partial charge in [0.25, 0.3) is 0 Å². The van der Waals surface area contributed by atoms with Gasteiger partial charge in [0.05, 0.1) is 0 Å². The number of rotatable bonds is 2. The third-order valence-corrected chi connectivity index (χ3v) is 5.11. The summed E-state index contributed by atoms with van der Waals surface area (Å²) < 4.78 is 0. The van der Waals surface area contributed by atoms with Gasteiger partial charge in [-0.05, 0) is 49.9 Å². The molecule has 0 radical (unpaired) electrons. The lowest BCUT2D eigenvalue weighted by molar-refractivity contribution is 1.21. The molecule has 0 aliphatic rings. The van der Waals surface area contributed by atoms with E-state index in [1.807, 2.05) is 0 Å². The van der Waals surface area contributed by atoms with Crippen molar-refractivity contribution in [3.8, 4) is 0 Å². The molecular weight excluding hydrogens is 300 g/mol. The second-order valence-electron chi connectivity index (χ2n) is 6.62. The first kappa shape index (κ1) is 14.2. The normalized spacial score (nSPS) is 11.4. The van der Waals surface area contributed by atoms with Crippen LogP contribution < -0.4 is 0 Å². The molecule has 0 spiro atoms. The van der Waals surface area contributed by atoms with Crippen molar-refractivity contribution in [2.24, 2.45) is 0 Å². The Kier molecular flexibility index (Phi) is 3.28. The minimum absolute atomic E-state index is 0.970. The fraction of sp³-hybridized carbons (Fsp3) is 0.0400. The van der Waals surface area contributed by atoms with Gasteiger partial charge < -0.3 is 0 Å². The third kappa shape index (κ3) is 2.38. The zero-order chi connectivity index (χ0) is 16.6. The van der Waals surface area contributed by atoms with E-state index in [-0.39, 0.29) is 0 Å². The molecule has 5 aromatic carbocycles. The highest BCUT2D eigenvalue weighted by atomic mass is 14.1. The molecule has 118 valence electrons. The van der Waals surface area contributed by atoms with Crippen LogP contribution in [0.5, 0.6) is 0 Å². The first-order valence-corrected chi connectivity index (χ1v) is 8.76. The maximum absolute atomic E-state index is 2.29. The quantitative estimate of drug-likeness (QED) is 0.316. The first-order chi connectivity index (χ1) is 12.4. The molecule has 0 heterocycles. The van der Waals surface area contributed by atoms with Gasteiger partial charge in [0, 0.05) is 0 Å². The lowest BCUT2D eigenvalue weighted by atomic mass is 9.93. The molecule has 0 amide bonds. The van der Waals surface area contributed by atoms with Crippen molar-refractivity contribution in [3.63, 3.8) is 0 Å². The van der Waals surface area contributed by atoms with E-state index in [0.717, 1.165) is 6.42 Å². The molecule has 0 nitrogen and oxygen atoms in total. The van der Waals surface area contributed by atoms with Gasteiger partial charge in [-0.1, -0.05) is 97.1 Å². The maximum atomic E-state index is 2.29. The molecule has 0 heteroatoms. The van der Waals surface area contributed by atoms with E-state index in [1.165, 1.54) is 43.4 Å². The van der Waals surface area contributed by atoms with Crippen LogP contribution in [0.4, 0.5) is 0 Å². The molecule has 0 bridgehead atoms. The number of benzene rings is 5. The predicted octanol–water partition coefficient (Wildman–Crippen LogP) is 6.74. The van der Waals surface area contributed by atoms with Crippen molar-refractivity contribution < 1.29 is 0 Å². The molecule has 0 aliphatic heterocycles. The standard InChI is InChI=1S/C25H18/c1-2-7-18(8-3-1)17-20-10-6-12-23-22(20)15-16-24-21-11-5-4-9-19(21)13-14-25(23)24/h1-16H,17H2. The van der Waals surface area contributed by atoms with E-state index in [9.17, 15) is 0 Å². The van der Waals surface area contributed by atoms with Crippen LogP contribution in [0.25, 0.3) is 32.3 Å². The Morgan fingerprint density at radius 3 is 1.96 bits per heavy atom. The number of fused-ring (bicyclic) bond motifs is 5. The monoisotopic (exact) mass is 318 g/mol. The second kappa shape index (κ2) is 5.75. The lowest BCUT2D eigenvalue weighted by Gasteiger charge is -2.11. The minimum Gasteiger partial charge on any atom is -0.0622 e. The number of hydrogen-bond donors (Lipinski definition) is 0. The maximum Gasteiger partial charge on any atom is -0.00196 e. The summed E-state index contributed by atoms with van der Waals surface area (Å²) >= 11 is 0. The molecule has 0 unspecified atom stereocenters. The second-order valence-corrected chi connectivity index (χ2v) is 6.62. The van der Waals surface area contributed by atoms with E-state index < -0.39 is 0 Å². The molecule has 5 rings (SSSR count). The van der Waals surface area contributed by atoms with Gasteiger partial charge in [-0.2, -0.15) is 0 Å². The number of hydrogen-bond acceptors (Lipinski definition) is 0. The van der Waals surface area contributed by atoms with E-state index in [4.69, 9.17) is 0 Å². The van der Waals surface area contributed by atoms with Gasteiger partial charge in [-0.25, -0.2) is 0 Å². The van der Waals surface area contributed by atoms with Crippen molar-refractivity contribution in [3.05, 3.63) is 108 Å². The van der Waals surface area contributed by atoms with Gasteiger partial charge in [0.1, 0.15) is 0 Å². The fourth-order valence-electron chi connectivity index (χ4n) is 3.89. The fourth-order valence-corrected chi connectivity index (χ4v) is 3.89. The van der Waals surface area contributed by atoms with Crippen LogP contribution in [0.2, 0.25) is 0 Å². The Morgan fingerprint density at radius 2 is 1.04 bits per heavy atom. The summed E-state index contributed by atoms with van der Waals surface area (Å²) in [7, 11) is 0. The largest absolute Gasteiger partial charge is 0.0622 e. The summed E-state index contributed by atoms with van der Waals surface area (Å²) in [5.41, 5.74) is 2.74.